The molecule has 120 valence electrons. The van der Waals surface area contributed by atoms with Crippen LogP contribution in [0.25, 0.3) is 0 Å². The number of carbonyl (C=O) groups excluding carboxylic acids is 1. The number of benzene rings is 1. The summed E-state index contributed by atoms with van der Waals surface area (Å²) in [4.78, 5) is 13.8. The number of carbonyl (C=O) groups is 1. The van der Waals surface area contributed by atoms with Crippen LogP contribution in [0, 0.1) is 0 Å². The van der Waals surface area contributed by atoms with Crippen molar-refractivity contribution in [3.63, 3.8) is 0 Å². The smallest absolute Gasteiger partial charge is 0.237 e. The summed E-state index contributed by atoms with van der Waals surface area (Å²) in [6.45, 7) is 3.37. The molecule has 0 unspecified atom stereocenters. The van der Waals surface area contributed by atoms with Crippen molar-refractivity contribution in [1.82, 2.24) is 4.90 Å². The number of ether oxygens (including phenoxy) is 1. The Morgan fingerprint density at radius 1 is 1.41 bits per heavy atom. The van der Waals surface area contributed by atoms with Crippen LogP contribution in [0.2, 0.25) is 0 Å². The van der Waals surface area contributed by atoms with Gasteiger partial charge in [-0.25, -0.2) is 0 Å². The first kappa shape index (κ1) is 15.6. The van der Waals surface area contributed by atoms with Gasteiger partial charge in [-0.3, -0.25) is 4.79 Å². The van der Waals surface area contributed by atoms with Crippen LogP contribution >= 0.6 is 11.6 Å². The average Bonchev–Trinajstić information content (AvgIpc) is 2.98. The minimum Gasteiger partial charge on any atom is -0.493 e. The highest BCUT2D eigenvalue weighted by Crippen LogP contribution is 2.38. The Balaban J connectivity index is 1.89. The van der Waals surface area contributed by atoms with Gasteiger partial charge in [0.05, 0.1) is 18.8 Å². The molecule has 22 heavy (non-hydrogen) atoms. The fourth-order valence-corrected chi connectivity index (χ4v) is 3.73. The lowest BCUT2D eigenvalue weighted by molar-refractivity contribution is -0.134. The fraction of sp³-hybridized carbons (Fsp3) is 0.588. The van der Waals surface area contributed by atoms with E-state index in [2.05, 4.69) is 6.07 Å². The van der Waals surface area contributed by atoms with Crippen LogP contribution in [0.3, 0.4) is 0 Å². The van der Waals surface area contributed by atoms with E-state index in [0.717, 1.165) is 37.0 Å². The molecule has 0 aromatic heterocycles. The lowest BCUT2D eigenvalue weighted by atomic mass is 9.83. The number of alkyl halides is 1. The van der Waals surface area contributed by atoms with Gasteiger partial charge in [0.15, 0.2) is 0 Å². The molecule has 0 saturated heterocycles. The number of rotatable bonds is 4. The van der Waals surface area contributed by atoms with Gasteiger partial charge in [0, 0.05) is 13.0 Å². The fourth-order valence-electron chi connectivity index (χ4n) is 3.57. The SMILES string of the molecule is CCCN(C(=O)CCl)[C@@H]1CCc2cc3c(cc2[C@H]1O)OCC3. The number of aryl methyl sites for hydroxylation is 1. The number of hydrogen-bond donors (Lipinski definition) is 1. The maximum Gasteiger partial charge on any atom is 0.237 e. The number of aliphatic hydroxyl groups is 1. The summed E-state index contributed by atoms with van der Waals surface area (Å²) < 4.78 is 5.61. The van der Waals surface area contributed by atoms with Crippen LogP contribution in [-0.2, 0) is 17.6 Å². The van der Waals surface area contributed by atoms with Crippen molar-refractivity contribution in [3.05, 3.63) is 28.8 Å². The molecule has 0 spiro atoms. The van der Waals surface area contributed by atoms with E-state index < -0.39 is 6.10 Å². The van der Waals surface area contributed by atoms with Gasteiger partial charge < -0.3 is 14.7 Å². The third-order valence-corrected chi connectivity index (χ3v) is 4.87. The van der Waals surface area contributed by atoms with Crippen LogP contribution in [0.5, 0.6) is 5.75 Å². The maximum absolute atomic E-state index is 12.1. The first-order valence-corrected chi connectivity index (χ1v) is 8.51. The Labute approximate surface area is 136 Å². The molecule has 5 heteroatoms. The largest absolute Gasteiger partial charge is 0.493 e. The summed E-state index contributed by atoms with van der Waals surface area (Å²) in [5.41, 5.74) is 3.31. The molecular weight excluding hydrogens is 302 g/mol. The molecule has 0 fully saturated rings. The van der Waals surface area contributed by atoms with Gasteiger partial charge >= 0.3 is 0 Å². The van der Waals surface area contributed by atoms with E-state index in [1.54, 1.807) is 4.90 Å². The van der Waals surface area contributed by atoms with Crippen molar-refractivity contribution in [2.45, 2.75) is 44.8 Å². The van der Waals surface area contributed by atoms with Gasteiger partial charge in [-0.15, -0.1) is 11.6 Å². The summed E-state index contributed by atoms with van der Waals surface area (Å²) in [5, 5.41) is 10.8. The Hall–Kier alpha value is -1.26. The molecule has 1 aliphatic carbocycles. The molecule has 0 bridgehead atoms. The first-order chi connectivity index (χ1) is 10.7. The maximum atomic E-state index is 12.1. The van der Waals surface area contributed by atoms with Crippen molar-refractivity contribution in [2.24, 2.45) is 0 Å². The zero-order valence-corrected chi connectivity index (χ0v) is 13.6. The van der Waals surface area contributed by atoms with Gasteiger partial charge in [-0.05, 0) is 42.0 Å². The molecule has 1 amide bonds. The van der Waals surface area contributed by atoms with Crippen LogP contribution in [0.15, 0.2) is 12.1 Å². The molecule has 1 aliphatic heterocycles. The van der Waals surface area contributed by atoms with Crippen molar-refractivity contribution in [1.29, 1.82) is 0 Å². The van der Waals surface area contributed by atoms with E-state index in [0.29, 0.717) is 13.2 Å². The van der Waals surface area contributed by atoms with E-state index in [4.69, 9.17) is 16.3 Å². The van der Waals surface area contributed by atoms with Crippen molar-refractivity contribution in [2.75, 3.05) is 19.0 Å². The monoisotopic (exact) mass is 323 g/mol. The zero-order valence-electron chi connectivity index (χ0n) is 12.8. The Kier molecular flexibility index (Phi) is 4.59. The van der Waals surface area contributed by atoms with E-state index in [1.165, 1.54) is 11.1 Å². The second kappa shape index (κ2) is 6.47. The second-order valence-electron chi connectivity index (χ2n) is 6.03. The topological polar surface area (TPSA) is 49.8 Å². The number of halogens is 1. The number of fused-ring (bicyclic) bond motifs is 2. The molecule has 1 N–H and O–H groups in total. The summed E-state index contributed by atoms with van der Waals surface area (Å²) in [7, 11) is 0. The van der Waals surface area contributed by atoms with E-state index >= 15 is 0 Å². The molecule has 4 nitrogen and oxygen atoms in total. The molecule has 2 aliphatic rings. The first-order valence-electron chi connectivity index (χ1n) is 7.97. The van der Waals surface area contributed by atoms with Crippen LogP contribution in [0.4, 0.5) is 0 Å². The lowest BCUT2D eigenvalue weighted by Gasteiger charge is -2.38. The Morgan fingerprint density at radius 2 is 2.23 bits per heavy atom. The second-order valence-corrected chi connectivity index (χ2v) is 6.30. The van der Waals surface area contributed by atoms with Gasteiger partial charge in [-0.1, -0.05) is 13.0 Å². The average molecular weight is 324 g/mol. The summed E-state index contributed by atoms with van der Waals surface area (Å²) >= 11 is 5.73. The van der Waals surface area contributed by atoms with Crippen molar-refractivity contribution >= 4 is 17.5 Å². The number of nitrogens with zero attached hydrogens (tertiary/aromatic N) is 1. The molecule has 0 saturated carbocycles. The third kappa shape index (κ3) is 2.70. The van der Waals surface area contributed by atoms with E-state index in [9.17, 15) is 9.90 Å². The quantitative estimate of drug-likeness (QED) is 0.866. The molecular formula is C17H22ClNO3. The molecule has 1 aromatic carbocycles. The standard InChI is InChI=1S/C17H22ClNO3/c1-2-6-19(16(20)10-18)14-4-3-11-8-12-5-7-22-15(12)9-13(11)17(14)21/h8-9,14,17,21H,2-7,10H2,1H3/t14-,17-/m1/s1. The minimum atomic E-state index is -0.669. The summed E-state index contributed by atoms with van der Waals surface area (Å²) in [6, 6.07) is 3.92. The van der Waals surface area contributed by atoms with Gasteiger partial charge in [0.25, 0.3) is 0 Å². The molecule has 0 radical (unpaired) electrons. The minimum absolute atomic E-state index is 0.0383. The predicted octanol–water partition coefficient (Wildman–Crippen LogP) is 2.45. The molecule has 2 atom stereocenters. The van der Waals surface area contributed by atoms with Crippen molar-refractivity contribution < 1.29 is 14.6 Å². The van der Waals surface area contributed by atoms with E-state index in [1.807, 2.05) is 13.0 Å². The highest BCUT2D eigenvalue weighted by atomic mass is 35.5. The Bertz CT molecular complexity index is 575. The zero-order chi connectivity index (χ0) is 15.7. The highest BCUT2D eigenvalue weighted by molar-refractivity contribution is 6.27. The van der Waals surface area contributed by atoms with Gasteiger partial charge in [0.1, 0.15) is 11.6 Å². The van der Waals surface area contributed by atoms with Gasteiger partial charge in [0.2, 0.25) is 5.91 Å². The Morgan fingerprint density at radius 3 is 2.95 bits per heavy atom. The van der Waals surface area contributed by atoms with Crippen LogP contribution in [-0.4, -0.2) is 41.0 Å². The number of hydrogen-bond acceptors (Lipinski definition) is 3. The van der Waals surface area contributed by atoms with Crippen molar-refractivity contribution in [3.8, 4) is 5.75 Å². The molecule has 3 rings (SSSR count). The number of amides is 1. The highest BCUT2D eigenvalue weighted by Gasteiger charge is 2.35. The summed E-state index contributed by atoms with van der Waals surface area (Å²) in [6.07, 6.45) is 2.77. The van der Waals surface area contributed by atoms with E-state index in [-0.39, 0.29) is 17.8 Å². The molecule has 1 heterocycles. The third-order valence-electron chi connectivity index (χ3n) is 4.64. The summed E-state index contributed by atoms with van der Waals surface area (Å²) in [5.74, 6) is 0.737. The lowest BCUT2D eigenvalue weighted by Crippen LogP contribution is -2.46. The van der Waals surface area contributed by atoms with Crippen LogP contribution in [0.1, 0.15) is 42.6 Å². The van der Waals surface area contributed by atoms with Crippen LogP contribution < -0.4 is 4.74 Å². The normalized spacial score (nSPS) is 22.7. The molecule has 1 aromatic rings. The van der Waals surface area contributed by atoms with Gasteiger partial charge in [-0.2, -0.15) is 0 Å². The number of aliphatic hydroxyl groups excluding tert-OH is 1. The predicted molar refractivity (Wildman–Crippen MR) is 85.4 cm³/mol.